The van der Waals surface area contributed by atoms with Crippen molar-refractivity contribution in [3.63, 3.8) is 0 Å². The second kappa shape index (κ2) is 7.14. The van der Waals surface area contributed by atoms with Crippen LogP contribution in [-0.4, -0.2) is 17.0 Å². The Morgan fingerprint density at radius 2 is 1.91 bits per heavy atom. The molecule has 124 valence electrons. The predicted molar refractivity (Wildman–Crippen MR) is 96.5 cm³/mol. The van der Waals surface area contributed by atoms with E-state index in [1.54, 1.807) is 6.07 Å². The molecule has 1 N–H and O–H groups in total. The monoisotopic (exact) mass is 352 g/mol. The number of halogens is 2. The third-order valence-corrected chi connectivity index (χ3v) is 5.29. The second-order valence-electron chi connectivity index (χ2n) is 6.50. The number of fused-ring (bicyclic) bond motifs is 1. The van der Waals surface area contributed by atoms with Crippen LogP contribution in [0.3, 0.4) is 0 Å². The number of hydrogen-bond acceptors (Lipinski definition) is 1. The van der Waals surface area contributed by atoms with Gasteiger partial charge in [0.05, 0.1) is 16.1 Å². The van der Waals surface area contributed by atoms with E-state index >= 15 is 0 Å². The first-order chi connectivity index (χ1) is 11.1. The molecular weight excluding hydrogens is 331 g/mol. The van der Waals surface area contributed by atoms with E-state index in [1.165, 1.54) is 38.5 Å². The quantitative estimate of drug-likeness (QED) is 0.758. The van der Waals surface area contributed by atoms with Crippen molar-refractivity contribution in [2.24, 2.45) is 13.0 Å². The van der Waals surface area contributed by atoms with Gasteiger partial charge in [-0.05, 0) is 30.9 Å². The van der Waals surface area contributed by atoms with Crippen LogP contribution in [0.2, 0.25) is 10.0 Å². The summed E-state index contributed by atoms with van der Waals surface area (Å²) in [7, 11) is 1.90. The number of aromatic nitrogens is 1. The number of hydrogen-bond donors (Lipinski definition) is 1. The summed E-state index contributed by atoms with van der Waals surface area (Å²) >= 11 is 12.4. The molecule has 0 atom stereocenters. The molecule has 3 nitrogen and oxygen atoms in total. The molecule has 1 aromatic heterocycles. The number of aryl methyl sites for hydroxylation is 1. The molecule has 23 heavy (non-hydrogen) atoms. The minimum atomic E-state index is -0.0518. The van der Waals surface area contributed by atoms with Crippen LogP contribution in [0.1, 0.15) is 48.9 Å². The zero-order valence-electron chi connectivity index (χ0n) is 13.4. The fourth-order valence-corrected chi connectivity index (χ4v) is 4.09. The minimum Gasteiger partial charge on any atom is -0.352 e. The molecule has 5 heteroatoms. The normalized spacial score (nSPS) is 16.5. The summed E-state index contributed by atoms with van der Waals surface area (Å²) in [5.74, 6) is 0.547. The molecule has 1 fully saturated rings. The van der Waals surface area contributed by atoms with Gasteiger partial charge in [0.15, 0.2) is 0 Å². The van der Waals surface area contributed by atoms with Gasteiger partial charge in [-0.25, -0.2) is 0 Å². The predicted octanol–water partition coefficient (Wildman–Crippen LogP) is 5.19. The third-order valence-electron chi connectivity index (χ3n) is 4.78. The van der Waals surface area contributed by atoms with E-state index in [2.05, 4.69) is 5.32 Å². The molecule has 1 saturated carbocycles. The van der Waals surface area contributed by atoms with E-state index in [9.17, 15) is 4.79 Å². The molecule has 0 radical (unpaired) electrons. The third kappa shape index (κ3) is 3.67. The Bertz CT molecular complexity index is 715. The highest BCUT2D eigenvalue weighted by Crippen LogP contribution is 2.31. The Labute approximate surface area is 146 Å². The van der Waals surface area contributed by atoms with Crippen LogP contribution in [0.5, 0.6) is 0 Å². The van der Waals surface area contributed by atoms with Gasteiger partial charge in [-0.1, -0.05) is 48.9 Å². The van der Waals surface area contributed by atoms with Crippen molar-refractivity contribution in [3.05, 3.63) is 33.9 Å². The first-order valence-electron chi connectivity index (χ1n) is 8.28. The highest BCUT2D eigenvalue weighted by molar-refractivity contribution is 6.39. The van der Waals surface area contributed by atoms with Crippen molar-refractivity contribution in [2.45, 2.75) is 38.5 Å². The van der Waals surface area contributed by atoms with E-state index in [0.717, 1.165) is 17.4 Å². The van der Waals surface area contributed by atoms with Crippen molar-refractivity contribution < 1.29 is 4.79 Å². The summed E-state index contributed by atoms with van der Waals surface area (Å²) in [6, 6.07) is 3.53. The van der Waals surface area contributed by atoms with Gasteiger partial charge >= 0.3 is 0 Å². The molecule has 1 aromatic carbocycles. The SMILES string of the molecule is Cn1cc(C(=O)NCC2CCCCCC2)c2c(Cl)cc(Cl)cc21. The zero-order chi connectivity index (χ0) is 16.4. The van der Waals surface area contributed by atoms with Crippen LogP contribution in [0.4, 0.5) is 0 Å². The summed E-state index contributed by atoms with van der Waals surface area (Å²) in [5, 5.41) is 4.97. The largest absolute Gasteiger partial charge is 0.352 e. The molecule has 0 spiro atoms. The lowest BCUT2D eigenvalue weighted by molar-refractivity contribution is 0.0947. The van der Waals surface area contributed by atoms with E-state index in [4.69, 9.17) is 23.2 Å². The summed E-state index contributed by atoms with van der Waals surface area (Å²) < 4.78 is 1.90. The molecular formula is C18H22Cl2N2O. The fourth-order valence-electron chi connectivity index (χ4n) is 3.51. The first kappa shape index (κ1) is 16.7. The Morgan fingerprint density at radius 3 is 2.61 bits per heavy atom. The highest BCUT2D eigenvalue weighted by atomic mass is 35.5. The molecule has 0 unspecified atom stereocenters. The molecule has 1 aliphatic rings. The number of nitrogens with one attached hydrogen (secondary N) is 1. The fraction of sp³-hybridized carbons (Fsp3) is 0.500. The average Bonchev–Trinajstić information content (AvgIpc) is 2.71. The van der Waals surface area contributed by atoms with Crippen molar-refractivity contribution in [3.8, 4) is 0 Å². The Morgan fingerprint density at radius 1 is 1.22 bits per heavy atom. The van der Waals surface area contributed by atoms with E-state index in [-0.39, 0.29) is 5.91 Å². The molecule has 0 bridgehead atoms. The maximum absolute atomic E-state index is 12.6. The molecule has 3 rings (SSSR count). The van der Waals surface area contributed by atoms with Crippen molar-refractivity contribution in [1.29, 1.82) is 0 Å². The first-order valence-corrected chi connectivity index (χ1v) is 9.04. The summed E-state index contributed by atoms with van der Waals surface area (Å²) in [6.07, 6.45) is 9.46. The lowest BCUT2D eigenvalue weighted by Crippen LogP contribution is -2.29. The van der Waals surface area contributed by atoms with Gasteiger partial charge in [-0.2, -0.15) is 0 Å². The summed E-state index contributed by atoms with van der Waals surface area (Å²) in [5.41, 5.74) is 1.50. The van der Waals surface area contributed by atoms with Gasteiger partial charge in [0.2, 0.25) is 0 Å². The number of carbonyl (C=O) groups excluding carboxylic acids is 1. The molecule has 0 saturated heterocycles. The standard InChI is InChI=1S/C18H22Cl2N2O/c1-22-11-14(17-15(20)8-13(19)9-16(17)22)18(23)21-10-12-6-4-2-3-5-7-12/h8-9,11-12H,2-7,10H2,1H3,(H,21,23). The van der Waals surface area contributed by atoms with Gasteiger partial charge in [0.1, 0.15) is 0 Å². The lowest BCUT2D eigenvalue weighted by Gasteiger charge is -2.14. The number of rotatable bonds is 3. The van der Waals surface area contributed by atoms with Gasteiger partial charge < -0.3 is 9.88 Å². The van der Waals surface area contributed by atoms with Gasteiger partial charge in [0.25, 0.3) is 5.91 Å². The van der Waals surface area contributed by atoms with Crippen LogP contribution in [0, 0.1) is 5.92 Å². The van der Waals surface area contributed by atoms with Crippen LogP contribution < -0.4 is 5.32 Å². The van der Waals surface area contributed by atoms with Crippen LogP contribution in [-0.2, 0) is 7.05 Å². The van der Waals surface area contributed by atoms with E-state index < -0.39 is 0 Å². The maximum atomic E-state index is 12.6. The van der Waals surface area contributed by atoms with Crippen LogP contribution in [0.25, 0.3) is 10.9 Å². The number of carbonyl (C=O) groups is 1. The molecule has 0 aliphatic heterocycles. The van der Waals surface area contributed by atoms with Crippen molar-refractivity contribution >= 4 is 40.0 Å². The maximum Gasteiger partial charge on any atom is 0.253 e. The van der Waals surface area contributed by atoms with Gasteiger partial charge in [0, 0.05) is 30.2 Å². The van der Waals surface area contributed by atoms with E-state index in [1.807, 2.05) is 23.9 Å². The molecule has 1 heterocycles. The van der Waals surface area contributed by atoms with Crippen LogP contribution in [0.15, 0.2) is 18.3 Å². The Balaban J connectivity index is 1.78. The summed E-state index contributed by atoms with van der Waals surface area (Å²) in [6.45, 7) is 0.750. The number of nitrogens with zero attached hydrogens (tertiary/aromatic N) is 1. The smallest absolute Gasteiger partial charge is 0.253 e. The molecule has 2 aromatic rings. The molecule has 1 amide bonds. The van der Waals surface area contributed by atoms with Crippen LogP contribution >= 0.6 is 23.2 Å². The Kier molecular flexibility index (Phi) is 5.17. The van der Waals surface area contributed by atoms with E-state index in [0.29, 0.717) is 21.5 Å². The number of amides is 1. The lowest BCUT2D eigenvalue weighted by atomic mass is 10.0. The summed E-state index contributed by atoms with van der Waals surface area (Å²) in [4.78, 5) is 12.6. The molecule has 1 aliphatic carbocycles. The topological polar surface area (TPSA) is 34.0 Å². The van der Waals surface area contributed by atoms with Gasteiger partial charge in [-0.3, -0.25) is 4.79 Å². The zero-order valence-corrected chi connectivity index (χ0v) is 14.9. The van der Waals surface area contributed by atoms with Gasteiger partial charge in [-0.15, -0.1) is 0 Å². The second-order valence-corrected chi connectivity index (χ2v) is 7.35. The van der Waals surface area contributed by atoms with Crippen molar-refractivity contribution in [1.82, 2.24) is 9.88 Å². The highest BCUT2D eigenvalue weighted by Gasteiger charge is 2.19. The minimum absolute atomic E-state index is 0.0518. The average molecular weight is 353 g/mol. The van der Waals surface area contributed by atoms with Crippen molar-refractivity contribution in [2.75, 3.05) is 6.54 Å². The Hall–Kier alpha value is -1.19. The number of benzene rings is 1.